The van der Waals surface area contributed by atoms with E-state index in [4.69, 9.17) is 0 Å². The van der Waals surface area contributed by atoms with Crippen molar-refractivity contribution >= 4 is 27.5 Å². The molecule has 30 heavy (non-hydrogen) atoms. The summed E-state index contributed by atoms with van der Waals surface area (Å²) in [5.41, 5.74) is 1.41. The fourth-order valence-corrected chi connectivity index (χ4v) is 5.83. The molecule has 2 aliphatic rings. The molecule has 0 spiro atoms. The quantitative estimate of drug-likeness (QED) is 0.447. The molecule has 0 aliphatic carbocycles. The fraction of sp³-hybridized carbons (Fsp3) is 0.619. The molecule has 1 aromatic rings. The average Bonchev–Trinajstić information content (AvgIpc) is 3.31. The Bertz CT molecular complexity index is 884. The molecule has 1 aromatic carbocycles. The molecule has 3 amide bonds. The van der Waals surface area contributed by atoms with Crippen molar-refractivity contribution in [2.24, 2.45) is 0 Å². The van der Waals surface area contributed by atoms with Gasteiger partial charge < -0.3 is 9.80 Å². The van der Waals surface area contributed by atoms with Crippen LogP contribution in [0, 0.1) is 5.82 Å². The first-order valence-electron chi connectivity index (χ1n) is 10.6. The number of nitrogens with zero attached hydrogens (tertiary/aromatic N) is 2. The summed E-state index contributed by atoms with van der Waals surface area (Å²) in [5.74, 6) is -0.658. The van der Waals surface area contributed by atoms with E-state index in [2.05, 4.69) is 5.32 Å². The van der Waals surface area contributed by atoms with Gasteiger partial charge in [0.2, 0.25) is 5.91 Å². The van der Waals surface area contributed by atoms with Crippen LogP contribution in [0.2, 0.25) is 0 Å². The third kappa shape index (κ3) is 5.93. The van der Waals surface area contributed by atoms with Gasteiger partial charge in [0.15, 0.2) is 9.84 Å². The van der Waals surface area contributed by atoms with Crippen LogP contribution in [0.3, 0.4) is 0 Å². The minimum absolute atomic E-state index is 0.0289. The second-order valence-electron chi connectivity index (χ2n) is 8.26. The molecule has 0 radical (unpaired) electrons. The molecule has 0 unspecified atom stereocenters. The van der Waals surface area contributed by atoms with E-state index in [0.717, 1.165) is 31.5 Å². The average molecular weight is 440 g/mol. The van der Waals surface area contributed by atoms with E-state index in [-0.39, 0.29) is 41.7 Å². The van der Waals surface area contributed by atoms with Crippen LogP contribution in [0.25, 0.3) is 0 Å². The van der Waals surface area contributed by atoms with Crippen molar-refractivity contribution < 1.29 is 22.4 Å². The number of carbonyl (C=O) groups excluding carboxylic acids is 2. The minimum atomic E-state index is -3.24. The van der Waals surface area contributed by atoms with Crippen molar-refractivity contribution in [2.75, 3.05) is 42.6 Å². The zero-order valence-corrected chi connectivity index (χ0v) is 18.2. The number of hydrogen-bond acceptors (Lipinski definition) is 5. The Morgan fingerprint density at radius 3 is 2.53 bits per heavy atom. The summed E-state index contributed by atoms with van der Waals surface area (Å²) >= 11 is 0. The predicted octanol–water partition coefficient (Wildman–Crippen LogP) is 2.67. The van der Waals surface area contributed by atoms with Gasteiger partial charge in [0, 0.05) is 19.6 Å². The van der Waals surface area contributed by atoms with Crippen LogP contribution in [0.4, 0.5) is 14.9 Å². The molecular formula is C21H30FN3O4S. The minimum Gasteiger partial charge on any atom is -0.369 e. The highest BCUT2D eigenvalue weighted by atomic mass is 32.2. The number of sulfone groups is 1. The number of benzene rings is 1. The summed E-state index contributed by atoms with van der Waals surface area (Å²) in [6, 6.07) is 4.53. The zero-order chi connectivity index (χ0) is 21.7. The van der Waals surface area contributed by atoms with Crippen LogP contribution in [-0.2, 0) is 14.6 Å². The molecule has 2 aliphatic heterocycles. The number of carbonyl (C=O) groups is 2. The maximum atomic E-state index is 14.2. The summed E-state index contributed by atoms with van der Waals surface area (Å²) in [5, 5.41) is 2.22. The molecule has 3 rings (SSSR count). The summed E-state index contributed by atoms with van der Waals surface area (Å²) in [6.45, 7) is 4.05. The van der Waals surface area contributed by atoms with Crippen LogP contribution in [0.1, 0.15) is 50.5 Å². The van der Waals surface area contributed by atoms with E-state index < -0.39 is 9.84 Å². The van der Waals surface area contributed by atoms with E-state index in [1.54, 1.807) is 12.1 Å². The zero-order valence-electron chi connectivity index (χ0n) is 17.4. The van der Waals surface area contributed by atoms with Crippen LogP contribution in [-0.4, -0.2) is 62.9 Å². The van der Waals surface area contributed by atoms with Crippen molar-refractivity contribution in [3.63, 3.8) is 0 Å². The van der Waals surface area contributed by atoms with E-state index in [9.17, 15) is 22.4 Å². The van der Waals surface area contributed by atoms with E-state index in [1.165, 1.54) is 11.0 Å². The van der Waals surface area contributed by atoms with Gasteiger partial charge in [0.05, 0.1) is 17.2 Å². The Morgan fingerprint density at radius 1 is 1.13 bits per heavy atom. The number of imide groups is 1. The van der Waals surface area contributed by atoms with Crippen LogP contribution in [0.5, 0.6) is 0 Å². The van der Waals surface area contributed by atoms with Crippen molar-refractivity contribution in [3.05, 3.63) is 29.6 Å². The Morgan fingerprint density at radius 2 is 1.87 bits per heavy atom. The molecule has 1 N–H and O–H groups in total. The second-order valence-corrected chi connectivity index (χ2v) is 10.5. The third-order valence-corrected chi connectivity index (χ3v) is 7.66. The number of hydrogen-bond donors (Lipinski definition) is 1. The monoisotopic (exact) mass is 439 g/mol. The largest absolute Gasteiger partial charge is 0.369 e. The standard InChI is InChI=1S/C21H30FN3O4S/c1-16(17-7-8-18(22)19(13-17)24-9-4-5-10-24)15-30(28,29)12-6-2-3-11-25-14-20(26)23-21(25)27/h7-8,13,16H,2-6,9-12,14-15H2,1H3,(H,23,26,27)/t16-/m0/s1. The fourth-order valence-electron chi connectivity index (χ4n) is 4.06. The van der Waals surface area contributed by atoms with Gasteiger partial charge in [0.1, 0.15) is 12.4 Å². The van der Waals surface area contributed by atoms with Crippen molar-refractivity contribution in [3.8, 4) is 0 Å². The molecule has 2 fully saturated rings. The van der Waals surface area contributed by atoms with Gasteiger partial charge >= 0.3 is 6.03 Å². The SMILES string of the molecule is C[C@@H](CS(=O)(=O)CCCCCN1CC(=O)NC1=O)c1ccc(F)c(N2CCCC2)c1. The topological polar surface area (TPSA) is 86.8 Å². The lowest BCUT2D eigenvalue weighted by Gasteiger charge is -2.21. The van der Waals surface area contributed by atoms with E-state index in [1.807, 2.05) is 11.8 Å². The molecule has 2 saturated heterocycles. The predicted molar refractivity (Wildman–Crippen MR) is 114 cm³/mol. The maximum Gasteiger partial charge on any atom is 0.324 e. The van der Waals surface area contributed by atoms with E-state index in [0.29, 0.717) is 31.5 Å². The number of halogens is 1. The van der Waals surface area contributed by atoms with Gasteiger partial charge in [-0.1, -0.05) is 19.4 Å². The van der Waals surface area contributed by atoms with Gasteiger partial charge in [-0.15, -0.1) is 0 Å². The molecule has 0 aromatic heterocycles. The number of unbranched alkanes of at least 4 members (excludes halogenated alkanes) is 2. The van der Waals surface area contributed by atoms with Crippen LogP contribution in [0.15, 0.2) is 18.2 Å². The van der Waals surface area contributed by atoms with Gasteiger partial charge in [0.25, 0.3) is 0 Å². The lowest BCUT2D eigenvalue weighted by atomic mass is 10.0. The molecule has 9 heteroatoms. The second kappa shape index (κ2) is 9.76. The molecule has 166 valence electrons. The third-order valence-electron chi connectivity index (χ3n) is 5.74. The first-order chi connectivity index (χ1) is 14.2. The normalized spacial score (nSPS) is 18.2. The highest BCUT2D eigenvalue weighted by molar-refractivity contribution is 7.91. The van der Waals surface area contributed by atoms with Crippen LogP contribution >= 0.6 is 0 Å². The van der Waals surface area contributed by atoms with Crippen molar-refractivity contribution in [2.45, 2.75) is 44.9 Å². The Kier molecular flexibility index (Phi) is 7.33. The van der Waals surface area contributed by atoms with Crippen LogP contribution < -0.4 is 10.2 Å². The maximum absolute atomic E-state index is 14.2. The molecule has 0 saturated carbocycles. The Labute approximate surface area is 177 Å². The molecule has 2 heterocycles. The van der Waals surface area contributed by atoms with Gasteiger partial charge in [-0.3, -0.25) is 10.1 Å². The van der Waals surface area contributed by atoms with Gasteiger partial charge in [-0.2, -0.15) is 0 Å². The summed E-state index contributed by atoms with van der Waals surface area (Å²) in [7, 11) is -3.24. The Hall–Kier alpha value is -2.16. The number of anilines is 1. The smallest absolute Gasteiger partial charge is 0.324 e. The van der Waals surface area contributed by atoms with E-state index >= 15 is 0 Å². The van der Waals surface area contributed by atoms with Gasteiger partial charge in [-0.05, 0) is 49.3 Å². The lowest BCUT2D eigenvalue weighted by Crippen LogP contribution is -2.29. The van der Waals surface area contributed by atoms with Crippen molar-refractivity contribution in [1.82, 2.24) is 10.2 Å². The number of rotatable bonds is 10. The van der Waals surface area contributed by atoms with Gasteiger partial charge in [-0.25, -0.2) is 17.6 Å². The highest BCUT2D eigenvalue weighted by Crippen LogP contribution is 2.28. The first-order valence-corrected chi connectivity index (χ1v) is 12.4. The first kappa shape index (κ1) is 22.5. The van der Waals surface area contributed by atoms with Crippen molar-refractivity contribution in [1.29, 1.82) is 0 Å². The number of amides is 3. The number of nitrogens with one attached hydrogen (secondary N) is 1. The lowest BCUT2D eigenvalue weighted by molar-refractivity contribution is -0.118. The summed E-state index contributed by atoms with van der Waals surface area (Å²) < 4.78 is 39.3. The molecule has 7 nitrogen and oxygen atoms in total. The summed E-state index contributed by atoms with van der Waals surface area (Å²) in [6.07, 6.45) is 3.93. The molecule has 0 bridgehead atoms. The number of urea groups is 1. The molecule has 1 atom stereocenters. The Balaban J connectivity index is 1.46. The molecular weight excluding hydrogens is 409 g/mol. The highest BCUT2D eigenvalue weighted by Gasteiger charge is 2.26. The summed E-state index contributed by atoms with van der Waals surface area (Å²) in [4.78, 5) is 26.1.